The van der Waals surface area contributed by atoms with Gasteiger partial charge in [-0.05, 0) is 26.7 Å². The normalized spacial score (nSPS) is 15.2. The van der Waals surface area contributed by atoms with E-state index in [9.17, 15) is 44.7 Å². The predicted molar refractivity (Wildman–Crippen MR) is 103 cm³/mol. The van der Waals surface area contributed by atoms with Crippen LogP contribution in [0.1, 0.15) is 79.1 Å². The highest BCUT2D eigenvalue weighted by atomic mass is 19.4. The van der Waals surface area contributed by atoms with Gasteiger partial charge in [-0.3, -0.25) is 9.59 Å². The van der Waals surface area contributed by atoms with Crippen molar-refractivity contribution in [3.8, 4) is 0 Å². The molecular formula is C20H32F8N2O2. The minimum absolute atomic E-state index is 0.0894. The molecule has 0 saturated carbocycles. The van der Waals surface area contributed by atoms with E-state index >= 15 is 0 Å². The molecule has 0 spiro atoms. The van der Waals surface area contributed by atoms with Gasteiger partial charge in [0.2, 0.25) is 0 Å². The first-order valence-corrected chi connectivity index (χ1v) is 10.6. The zero-order valence-electron chi connectivity index (χ0n) is 18.7. The lowest BCUT2D eigenvalue weighted by molar-refractivity contribution is -0.347. The van der Waals surface area contributed by atoms with Gasteiger partial charge in [0.25, 0.3) is 11.8 Å². The first-order chi connectivity index (χ1) is 14.5. The van der Waals surface area contributed by atoms with E-state index in [0.717, 1.165) is 12.8 Å². The second-order valence-corrected chi connectivity index (χ2v) is 8.04. The number of hydrogen-bond acceptors (Lipinski definition) is 2. The highest BCUT2D eigenvalue weighted by Gasteiger charge is 2.84. The van der Waals surface area contributed by atoms with E-state index in [2.05, 4.69) is 0 Å². The number of rotatable bonds is 15. The Balaban J connectivity index is 5.50. The standard InChI is InChI=1S/C20H32F8N2O2/c1-5-7-9-11-13(3)29-15(31)17(21,22)19(25,26)20(27,28)18(23,24)16(32)30-14(4)12-10-8-6-2/h13-14H,5-12H2,1-4H3,(H,29,31)(H,30,32). The lowest BCUT2D eigenvalue weighted by atomic mass is 9.96. The van der Waals surface area contributed by atoms with Crippen LogP contribution in [-0.4, -0.2) is 47.6 Å². The topological polar surface area (TPSA) is 58.2 Å². The van der Waals surface area contributed by atoms with Gasteiger partial charge in [-0.25, -0.2) is 0 Å². The van der Waals surface area contributed by atoms with E-state index in [1.54, 1.807) is 0 Å². The molecule has 0 fully saturated rings. The second kappa shape index (κ2) is 12.0. The molecule has 2 N–H and O–H groups in total. The molecular weight excluding hydrogens is 452 g/mol. The highest BCUT2D eigenvalue weighted by Crippen LogP contribution is 2.52. The van der Waals surface area contributed by atoms with E-state index in [4.69, 9.17) is 0 Å². The van der Waals surface area contributed by atoms with E-state index in [-0.39, 0.29) is 12.8 Å². The van der Waals surface area contributed by atoms with Crippen molar-refractivity contribution in [2.75, 3.05) is 0 Å². The van der Waals surface area contributed by atoms with Gasteiger partial charge in [0.05, 0.1) is 0 Å². The fourth-order valence-corrected chi connectivity index (χ4v) is 2.85. The van der Waals surface area contributed by atoms with E-state index in [1.165, 1.54) is 24.5 Å². The fourth-order valence-electron chi connectivity index (χ4n) is 2.85. The third-order valence-electron chi connectivity index (χ3n) is 4.99. The Labute approximate surface area is 182 Å². The van der Waals surface area contributed by atoms with E-state index in [1.807, 2.05) is 13.8 Å². The van der Waals surface area contributed by atoms with Crippen molar-refractivity contribution in [1.82, 2.24) is 10.6 Å². The van der Waals surface area contributed by atoms with Crippen molar-refractivity contribution in [3.05, 3.63) is 0 Å². The largest absolute Gasteiger partial charge is 0.392 e. The van der Waals surface area contributed by atoms with Gasteiger partial charge < -0.3 is 10.6 Å². The number of hydrogen-bond donors (Lipinski definition) is 2. The minimum atomic E-state index is -6.85. The van der Waals surface area contributed by atoms with Gasteiger partial charge in [0.1, 0.15) is 0 Å². The first kappa shape index (κ1) is 30.4. The molecule has 12 heteroatoms. The van der Waals surface area contributed by atoms with Crippen molar-refractivity contribution in [1.29, 1.82) is 0 Å². The van der Waals surface area contributed by atoms with Crippen LogP contribution in [0, 0.1) is 0 Å². The van der Waals surface area contributed by atoms with Gasteiger partial charge in [-0.2, -0.15) is 35.1 Å². The maximum absolute atomic E-state index is 14.0. The molecule has 32 heavy (non-hydrogen) atoms. The summed E-state index contributed by atoms with van der Waals surface area (Å²) in [4.78, 5) is 23.2. The molecule has 0 rings (SSSR count). The smallest absolute Gasteiger partial charge is 0.348 e. The molecule has 0 saturated heterocycles. The number of alkyl halides is 8. The lowest BCUT2D eigenvalue weighted by Crippen LogP contribution is -2.69. The Kier molecular flexibility index (Phi) is 11.4. The number of halogens is 8. The summed E-state index contributed by atoms with van der Waals surface area (Å²) in [6, 6.07) is -2.17. The SMILES string of the molecule is CCCCCC(C)NC(=O)C(F)(F)C(F)(F)C(F)(F)C(F)(F)C(=O)NC(C)CCCCC. The summed E-state index contributed by atoms with van der Waals surface area (Å²) < 4.78 is 112. The molecule has 190 valence electrons. The lowest BCUT2D eigenvalue weighted by Gasteiger charge is -2.36. The second-order valence-electron chi connectivity index (χ2n) is 8.04. The molecule has 2 atom stereocenters. The molecule has 4 nitrogen and oxygen atoms in total. The third kappa shape index (κ3) is 6.94. The van der Waals surface area contributed by atoms with E-state index in [0.29, 0.717) is 25.7 Å². The molecule has 0 aliphatic carbocycles. The van der Waals surface area contributed by atoms with Crippen LogP contribution in [0.25, 0.3) is 0 Å². The maximum Gasteiger partial charge on any atom is 0.392 e. The van der Waals surface area contributed by atoms with Crippen LogP contribution in [0.15, 0.2) is 0 Å². The summed E-state index contributed by atoms with van der Waals surface area (Å²) in [6.45, 7) is 6.01. The van der Waals surface area contributed by atoms with Gasteiger partial charge in [-0.1, -0.05) is 52.4 Å². The highest BCUT2D eigenvalue weighted by molar-refractivity contribution is 5.87. The van der Waals surface area contributed by atoms with Gasteiger partial charge in [0.15, 0.2) is 0 Å². The van der Waals surface area contributed by atoms with Crippen LogP contribution in [-0.2, 0) is 9.59 Å². The predicted octanol–water partition coefficient (Wildman–Crippen LogP) is 5.70. The van der Waals surface area contributed by atoms with Gasteiger partial charge in [-0.15, -0.1) is 0 Å². The molecule has 0 bridgehead atoms. The molecule has 2 amide bonds. The van der Waals surface area contributed by atoms with Crippen molar-refractivity contribution < 1.29 is 44.7 Å². The first-order valence-electron chi connectivity index (χ1n) is 10.6. The molecule has 0 aliphatic rings. The molecule has 0 aromatic rings. The summed E-state index contributed by atoms with van der Waals surface area (Å²) in [7, 11) is 0. The zero-order valence-corrected chi connectivity index (χ0v) is 18.7. The number of nitrogens with one attached hydrogen (secondary N) is 2. The quantitative estimate of drug-likeness (QED) is 0.232. The van der Waals surface area contributed by atoms with Crippen molar-refractivity contribution in [3.63, 3.8) is 0 Å². The van der Waals surface area contributed by atoms with Crippen LogP contribution < -0.4 is 10.6 Å². The summed E-state index contributed by atoms with van der Waals surface area (Å²) in [5, 5.41) is 2.90. The molecule has 0 aromatic heterocycles. The van der Waals surface area contributed by atoms with Crippen LogP contribution in [0.3, 0.4) is 0 Å². The number of unbranched alkanes of at least 4 members (excludes halogenated alkanes) is 4. The van der Waals surface area contributed by atoms with Crippen molar-refractivity contribution >= 4 is 11.8 Å². The van der Waals surface area contributed by atoms with Crippen molar-refractivity contribution in [2.45, 2.75) is 115 Å². The Morgan fingerprint density at radius 2 is 0.906 bits per heavy atom. The fraction of sp³-hybridized carbons (Fsp3) is 0.900. The number of carbonyl (C=O) groups is 2. The summed E-state index contributed by atoms with van der Waals surface area (Å²) >= 11 is 0. The third-order valence-corrected chi connectivity index (χ3v) is 4.99. The summed E-state index contributed by atoms with van der Waals surface area (Å²) in [5.41, 5.74) is 0. The van der Waals surface area contributed by atoms with Crippen molar-refractivity contribution in [2.24, 2.45) is 0 Å². The Hall–Kier alpha value is -1.62. The number of amides is 2. The molecule has 2 unspecified atom stereocenters. The minimum Gasteiger partial charge on any atom is -0.348 e. The monoisotopic (exact) mass is 484 g/mol. The molecule has 0 heterocycles. The summed E-state index contributed by atoms with van der Waals surface area (Å²) in [5.74, 6) is -31.7. The van der Waals surface area contributed by atoms with Crippen LogP contribution in [0.5, 0.6) is 0 Å². The number of carbonyl (C=O) groups excluding carboxylic acids is 2. The average Bonchev–Trinajstić information content (AvgIpc) is 2.67. The molecule has 0 aromatic carbocycles. The Morgan fingerprint density at radius 3 is 1.16 bits per heavy atom. The Bertz CT molecular complexity index is 562. The maximum atomic E-state index is 14.0. The van der Waals surface area contributed by atoms with Crippen LogP contribution >= 0.6 is 0 Å². The summed E-state index contributed by atoms with van der Waals surface area (Å²) in [6.07, 6.45) is 3.80. The van der Waals surface area contributed by atoms with Crippen LogP contribution in [0.4, 0.5) is 35.1 Å². The van der Waals surface area contributed by atoms with E-state index < -0.39 is 47.6 Å². The molecule has 0 radical (unpaired) electrons. The average molecular weight is 484 g/mol. The van der Waals surface area contributed by atoms with Gasteiger partial charge >= 0.3 is 23.7 Å². The van der Waals surface area contributed by atoms with Crippen LogP contribution in [0.2, 0.25) is 0 Å². The molecule has 0 aliphatic heterocycles. The zero-order chi connectivity index (χ0) is 25.4. The van der Waals surface area contributed by atoms with Gasteiger partial charge in [0, 0.05) is 12.1 Å². The Morgan fingerprint density at radius 1 is 0.625 bits per heavy atom.